The SMILES string of the molecule is COc1cccc(C(O)CNCC2CCCC2C)c1. The molecule has 0 heterocycles. The molecule has 3 nitrogen and oxygen atoms in total. The van der Waals surface area contributed by atoms with Crippen molar-refractivity contribution in [1.82, 2.24) is 5.32 Å². The van der Waals surface area contributed by atoms with Gasteiger partial charge in [0.25, 0.3) is 0 Å². The highest BCUT2D eigenvalue weighted by molar-refractivity contribution is 5.29. The largest absolute Gasteiger partial charge is 0.497 e. The number of hydrogen-bond donors (Lipinski definition) is 2. The highest BCUT2D eigenvalue weighted by Gasteiger charge is 2.22. The van der Waals surface area contributed by atoms with Gasteiger partial charge in [-0.2, -0.15) is 0 Å². The first kappa shape index (κ1) is 14.4. The lowest BCUT2D eigenvalue weighted by Crippen LogP contribution is -2.28. The van der Waals surface area contributed by atoms with Gasteiger partial charge in [0, 0.05) is 6.54 Å². The first-order valence-corrected chi connectivity index (χ1v) is 7.23. The molecule has 1 aromatic rings. The van der Waals surface area contributed by atoms with Crippen molar-refractivity contribution in [2.24, 2.45) is 11.8 Å². The van der Waals surface area contributed by atoms with Gasteiger partial charge in [0.05, 0.1) is 13.2 Å². The van der Waals surface area contributed by atoms with Crippen LogP contribution < -0.4 is 10.1 Å². The van der Waals surface area contributed by atoms with Crippen LogP contribution in [0.4, 0.5) is 0 Å². The Hall–Kier alpha value is -1.06. The molecule has 0 saturated heterocycles. The highest BCUT2D eigenvalue weighted by Crippen LogP contribution is 2.30. The quantitative estimate of drug-likeness (QED) is 0.829. The fraction of sp³-hybridized carbons (Fsp3) is 0.625. The van der Waals surface area contributed by atoms with Crippen molar-refractivity contribution in [3.05, 3.63) is 29.8 Å². The van der Waals surface area contributed by atoms with E-state index in [0.717, 1.165) is 29.7 Å². The second-order valence-corrected chi connectivity index (χ2v) is 5.62. The average Bonchev–Trinajstić information content (AvgIpc) is 2.84. The molecule has 0 bridgehead atoms. The number of benzene rings is 1. The summed E-state index contributed by atoms with van der Waals surface area (Å²) in [7, 11) is 1.64. The molecular formula is C16H25NO2. The Morgan fingerprint density at radius 3 is 2.95 bits per heavy atom. The van der Waals surface area contributed by atoms with Crippen LogP contribution in [0.2, 0.25) is 0 Å². The van der Waals surface area contributed by atoms with Crippen LogP contribution in [0, 0.1) is 11.8 Å². The van der Waals surface area contributed by atoms with E-state index in [1.165, 1.54) is 19.3 Å². The lowest BCUT2D eigenvalue weighted by molar-refractivity contribution is 0.171. The van der Waals surface area contributed by atoms with Crippen LogP contribution in [0.15, 0.2) is 24.3 Å². The van der Waals surface area contributed by atoms with E-state index in [4.69, 9.17) is 4.74 Å². The van der Waals surface area contributed by atoms with Gasteiger partial charge >= 0.3 is 0 Å². The summed E-state index contributed by atoms with van der Waals surface area (Å²) in [4.78, 5) is 0. The van der Waals surface area contributed by atoms with Gasteiger partial charge in [-0.05, 0) is 42.5 Å². The molecule has 1 aliphatic carbocycles. The van der Waals surface area contributed by atoms with Crippen molar-refractivity contribution in [1.29, 1.82) is 0 Å². The maximum Gasteiger partial charge on any atom is 0.119 e. The predicted molar refractivity (Wildman–Crippen MR) is 77.3 cm³/mol. The summed E-state index contributed by atoms with van der Waals surface area (Å²) in [5, 5.41) is 13.6. The van der Waals surface area contributed by atoms with Crippen LogP contribution in [0.3, 0.4) is 0 Å². The van der Waals surface area contributed by atoms with E-state index in [0.29, 0.717) is 6.54 Å². The third-order valence-corrected chi connectivity index (χ3v) is 4.26. The summed E-state index contributed by atoms with van der Waals surface area (Å²) < 4.78 is 5.17. The van der Waals surface area contributed by atoms with Crippen molar-refractivity contribution < 1.29 is 9.84 Å². The molecule has 1 aromatic carbocycles. The average molecular weight is 263 g/mol. The van der Waals surface area contributed by atoms with Crippen LogP contribution in [-0.4, -0.2) is 25.3 Å². The van der Waals surface area contributed by atoms with E-state index in [9.17, 15) is 5.11 Å². The molecule has 19 heavy (non-hydrogen) atoms. The summed E-state index contributed by atoms with van der Waals surface area (Å²) in [6.07, 6.45) is 3.56. The van der Waals surface area contributed by atoms with Crippen LogP contribution >= 0.6 is 0 Å². The van der Waals surface area contributed by atoms with Gasteiger partial charge in [-0.3, -0.25) is 0 Å². The standard InChI is InChI=1S/C16H25NO2/c1-12-5-3-7-14(12)10-17-11-16(18)13-6-4-8-15(9-13)19-2/h4,6,8-9,12,14,16-18H,3,5,7,10-11H2,1-2H3. The normalized spacial score (nSPS) is 24.4. The molecule has 0 aliphatic heterocycles. The molecule has 1 saturated carbocycles. The molecule has 3 unspecified atom stereocenters. The van der Waals surface area contributed by atoms with Gasteiger partial charge in [-0.1, -0.05) is 31.9 Å². The van der Waals surface area contributed by atoms with E-state index in [-0.39, 0.29) is 0 Å². The van der Waals surface area contributed by atoms with E-state index in [1.807, 2.05) is 24.3 Å². The van der Waals surface area contributed by atoms with Crippen LogP contribution in [0.25, 0.3) is 0 Å². The number of aliphatic hydroxyl groups is 1. The lowest BCUT2D eigenvalue weighted by Gasteiger charge is -2.18. The Bertz CT molecular complexity index is 394. The lowest BCUT2D eigenvalue weighted by atomic mass is 9.98. The first-order valence-electron chi connectivity index (χ1n) is 7.23. The summed E-state index contributed by atoms with van der Waals surface area (Å²) in [6.45, 7) is 3.95. The van der Waals surface area contributed by atoms with Crippen molar-refractivity contribution in [3.63, 3.8) is 0 Å². The Morgan fingerprint density at radius 1 is 1.42 bits per heavy atom. The molecule has 1 aliphatic rings. The Morgan fingerprint density at radius 2 is 2.26 bits per heavy atom. The number of methoxy groups -OCH3 is 1. The molecule has 0 spiro atoms. The van der Waals surface area contributed by atoms with Gasteiger partial charge in [0.1, 0.15) is 5.75 Å². The zero-order valence-electron chi connectivity index (χ0n) is 11.9. The molecule has 2 rings (SSSR count). The molecule has 106 valence electrons. The van der Waals surface area contributed by atoms with Gasteiger partial charge < -0.3 is 15.2 Å². The summed E-state index contributed by atoms with van der Waals surface area (Å²) in [5.41, 5.74) is 0.909. The van der Waals surface area contributed by atoms with Crippen LogP contribution in [-0.2, 0) is 0 Å². The van der Waals surface area contributed by atoms with Crippen molar-refractivity contribution in [3.8, 4) is 5.75 Å². The maximum absolute atomic E-state index is 10.2. The van der Waals surface area contributed by atoms with Gasteiger partial charge in [-0.25, -0.2) is 0 Å². The zero-order valence-corrected chi connectivity index (χ0v) is 11.9. The number of ether oxygens (including phenoxy) is 1. The molecule has 0 radical (unpaired) electrons. The molecule has 1 fully saturated rings. The monoisotopic (exact) mass is 263 g/mol. The molecular weight excluding hydrogens is 238 g/mol. The number of hydrogen-bond acceptors (Lipinski definition) is 3. The fourth-order valence-corrected chi connectivity index (χ4v) is 2.90. The van der Waals surface area contributed by atoms with Gasteiger partial charge in [0.15, 0.2) is 0 Å². The molecule has 3 heteroatoms. The van der Waals surface area contributed by atoms with E-state index < -0.39 is 6.10 Å². The minimum Gasteiger partial charge on any atom is -0.497 e. The number of nitrogens with one attached hydrogen (secondary N) is 1. The van der Waals surface area contributed by atoms with Crippen molar-refractivity contribution in [2.75, 3.05) is 20.2 Å². The zero-order chi connectivity index (χ0) is 13.7. The predicted octanol–water partition coefficient (Wildman–Crippen LogP) is 2.75. The summed E-state index contributed by atoms with van der Waals surface area (Å²) in [5.74, 6) is 2.39. The van der Waals surface area contributed by atoms with E-state index in [1.54, 1.807) is 7.11 Å². The Labute approximate surface area is 116 Å². The molecule has 0 amide bonds. The summed E-state index contributed by atoms with van der Waals surface area (Å²) >= 11 is 0. The second-order valence-electron chi connectivity index (χ2n) is 5.62. The topological polar surface area (TPSA) is 41.5 Å². The Kier molecular flexibility index (Phi) is 5.23. The minimum absolute atomic E-state index is 0.466. The van der Waals surface area contributed by atoms with Crippen molar-refractivity contribution >= 4 is 0 Å². The fourth-order valence-electron chi connectivity index (χ4n) is 2.90. The minimum atomic E-state index is -0.466. The number of rotatable bonds is 6. The van der Waals surface area contributed by atoms with Gasteiger partial charge in [-0.15, -0.1) is 0 Å². The van der Waals surface area contributed by atoms with Crippen LogP contribution in [0.5, 0.6) is 5.75 Å². The third-order valence-electron chi connectivity index (χ3n) is 4.26. The summed E-state index contributed by atoms with van der Waals surface area (Å²) in [6, 6.07) is 7.64. The third kappa shape index (κ3) is 3.95. The molecule has 0 aromatic heterocycles. The van der Waals surface area contributed by atoms with Crippen molar-refractivity contribution in [2.45, 2.75) is 32.3 Å². The second kappa shape index (κ2) is 6.92. The highest BCUT2D eigenvalue weighted by atomic mass is 16.5. The van der Waals surface area contributed by atoms with E-state index in [2.05, 4.69) is 12.2 Å². The molecule has 3 atom stereocenters. The number of aliphatic hydroxyl groups excluding tert-OH is 1. The Balaban J connectivity index is 1.78. The first-order chi connectivity index (χ1) is 9.20. The van der Waals surface area contributed by atoms with Crippen LogP contribution in [0.1, 0.15) is 37.9 Å². The van der Waals surface area contributed by atoms with E-state index >= 15 is 0 Å². The van der Waals surface area contributed by atoms with Gasteiger partial charge in [0.2, 0.25) is 0 Å². The smallest absolute Gasteiger partial charge is 0.119 e. The molecule has 2 N–H and O–H groups in total. The maximum atomic E-state index is 10.2.